The van der Waals surface area contributed by atoms with Crippen LogP contribution >= 0.6 is 0 Å². The monoisotopic (exact) mass is 335 g/mol. The molecule has 0 bridgehead atoms. The maximum Gasteiger partial charge on any atom is 0.407 e. The molecule has 2 N–H and O–H groups in total. The minimum absolute atomic E-state index is 0.154. The Bertz CT molecular complexity index is 876. The first kappa shape index (κ1) is 16.4. The highest BCUT2D eigenvalue weighted by Crippen LogP contribution is 2.20. The Labute approximate surface area is 144 Å². The molecule has 0 aliphatic rings. The van der Waals surface area contributed by atoms with Crippen molar-refractivity contribution in [1.29, 1.82) is 0 Å². The molecule has 2 aromatic carbocycles. The lowest BCUT2D eigenvalue weighted by molar-refractivity contribution is -0.115. The van der Waals surface area contributed by atoms with Gasteiger partial charge >= 0.3 is 6.09 Å². The van der Waals surface area contributed by atoms with E-state index in [9.17, 15) is 9.59 Å². The van der Waals surface area contributed by atoms with Crippen molar-refractivity contribution in [1.82, 2.24) is 10.3 Å². The zero-order valence-corrected chi connectivity index (χ0v) is 13.4. The molecule has 0 aliphatic heterocycles. The van der Waals surface area contributed by atoms with E-state index < -0.39 is 6.09 Å². The summed E-state index contributed by atoms with van der Waals surface area (Å²) in [5.41, 5.74) is 2.18. The van der Waals surface area contributed by atoms with E-state index in [0.29, 0.717) is 11.2 Å². The Morgan fingerprint density at radius 3 is 2.60 bits per heavy atom. The predicted octanol–water partition coefficient (Wildman–Crippen LogP) is 3.10. The summed E-state index contributed by atoms with van der Waals surface area (Å²) in [6.07, 6.45) is 1.02. The fourth-order valence-corrected chi connectivity index (χ4v) is 2.33. The molecule has 6 heteroatoms. The smallest absolute Gasteiger partial charge is 0.407 e. The van der Waals surface area contributed by atoms with Crippen molar-refractivity contribution in [2.24, 2.45) is 0 Å². The van der Waals surface area contributed by atoms with Gasteiger partial charge in [-0.15, -0.1) is 0 Å². The summed E-state index contributed by atoms with van der Waals surface area (Å²) in [6.45, 7) is -0.0294. The van der Waals surface area contributed by atoms with E-state index in [1.54, 1.807) is 12.3 Å². The first-order valence-corrected chi connectivity index (χ1v) is 7.80. The van der Waals surface area contributed by atoms with Crippen LogP contribution in [0.15, 0.2) is 66.9 Å². The first-order valence-electron chi connectivity index (χ1n) is 7.80. The molecule has 1 aromatic heterocycles. The second-order valence-electron chi connectivity index (χ2n) is 5.34. The third-order valence-corrected chi connectivity index (χ3v) is 3.51. The lowest BCUT2D eigenvalue weighted by Gasteiger charge is -2.09. The Kier molecular flexibility index (Phi) is 5.21. The van der Waals surface area contributed by atoms with Gasteiger partial charge in [0, 0.05) is 11.6 Å². The van der Waals surface area contributed by atoms with Gasteiger partial charge in [-0.2, -0.15) is 0 Å². The number of anilines is 1. The van der Waals surface area contributed by atoms with Crippen molar-refractivity contribution < 1.29 is 14.3 Å². The van der Waals surface area contributed by atoms with Gasteiger partial charge in [-0.25, -0.2) is 4.79 Å². The fraction of sp³-hybridized carbons (Fsp3) is 0.105. The summed E-state index contributed by atoms with van der Waals surface area (Å²) >= 11 is 0. The fourth-order valence-electron chi connectivity index (χ4n) is 2.33. The van der Waals surface area contributed by atoms with Crippen LogP contribution in [0.5, 0.6) is 0 Å². The summed E-state index contributed by atoms with van der Waals surface area (Å²) < 4.78 is 5.06. The zero-order valence-electron chi connectivity index (χ0n) is 13.4. The van der Waals surface area contributed by atoms with Gasteiger partial charge < -0.3 is 15.4 Å². The Morgan fingerprint density at radius 1 is 0.960 bits per heavy atom. The number of para-hydroxylation sites is 1. The van der Waals surface area contributed by atoms with Crippen molar-refractivity contribution in [3.63, 3.8) is 0 Å². The van der Waals surface area contributed by atoms with Crippen molar-refractivity contribution in [3.05, 3.63) is 72.4 Å². The highest BCUT2D eigenvalue weighted by Gasteiger charge is 2.09. The average molecular weight is 335 g/mol. The van der Waals surface area contributed by atoms with Gasteiger partial charge in [0.1, 0.15) is 13.2 Å². The molecule has 1 heterocycles. The third kappa shape index (κ3) is 4.54. The van der Waals surface area contributed by atoms with E-state index in [1.165, 1.54) is 0 Å². The molecule has 3 rings (SSSR count). The lowest BCUT2D eigenvalue weighted by atomic mass is 10.2. The van der Waals surface area contributed by atoms with Crippen LogP contribution in [0, 0.1) is 0 Å². The zero-order chi connectivity index (χ0) is 17.5. The topological polar surface area (TPSA) is 80.3 Å². The number of benzene rings is 2. The van der Waals surface area contributed by atoms with Crippen LogP contribution in [0.2, 0.25) is 0 Å². The van der Waals surface area contributed by atoms with Gasteiger partial charge in [0.05, 0.1) is 11.2 Å². The van der Waals surface area contributed by atoms with Crippen LogP contribution in [0.4, 0.5) is 10.5 Å². The van der Waals surface area contributed by atoms with Crippen molar-refractivity contribution >= 4 is 28.6 Å². The third-order valence-electron chi connectivity index (χ3n) is 3.51. The summed E-state index contributed by atoms with van der Waals surface area (Å²) in [6, 6.07) is 18.6. The van der Waals surface area contributed by atoms with Crippen molar-refractivity contribution in [2.45, 2.75) is 6.61 Å². The molecule has 0 spiro atoms. The minimum atomic E-state index is -0.643. The number of ether oxygens (including phenoxy) is 1. The molecule has 2 amide bonds. The molecular formula is C19H17N3O3. The quantitative estimate of drug-likeness (QED) is 0.751. The van der Waals surface area contributed by atoms with Crippen LogP contribution < -0.4 is 10.6 Å². The van der Waals surface area contributed by atoms with Crippen LogP contribution in [0.1, 0.15) is 5.56 Å². The Balaban J connectivity index is 1.50. The average Bonchev–Trinajstić information content (AvgIpc) is 2.66. The summed E-state index contributed by atoms with van der Waals surface area (Å²) in [4.78, 5) is 28.0. The SMILES string of the molecule is O=C(CNC(=O)OCc1ccccc1)Nc1cccc2cccnc12. The summed E-state index contributed by atoms with van der Waals surface area (Å²) in [5, 5.41) is 6.10. The molecular weight excluding hydrogens is 318 g/mol. The van der Waals surface area contributed by atoms with Crippen LogP contribution in [-0.2, 0) is 16.1 Å². The molecule has 3 aromatic rings. The van der Waals surface area contributed by atoms with Gasteiger partial charge in [-0.05, 0) is 17.7 Å². The molecule has 0 saturated carbocycles. The van der Waals surface area contributed by atoms with Gasteiger partial charge in [0.25, 0.3) is 0 Å². The second kappa shape index (κ2) is 7.92. The number of amides is 2. The first-order chi connectivity index (χ1) is 12.2. The maximum atomic E-state index is 12.0. The number of carbonyl (C=O) groups is 2. The molecule has 0 atom stereocenters. The molecule has 0 unspecified atom stereocenters. The second-order valence-corrected chi connectivity index (χ2v) is 5.34. The van der Waals surface area contributed by atoms with Gasteiger partial charge in [-0.3, -0.25) is 9.78 Å². The lowest BCUT2D eigenvalue weighted by Crippen LogP contribution is -2.33. The van der Waals surface area contributed by atoms with Crippen LogP contribution in [0.3, 0.4) is 0 Å². The van der Waals surface area contributed by atoms with E-state index in [0.717, 1.165) is 10.9 Å². The number of pyridine rings is 1. The number of alkyl carbamates (subject to hydrolysis) is 1. The molecule has 0 fully saturated rings. The standard InChI is InChI=1S/C19H17N3O3/c23-17(12-21-19(24)25-13-14-6-2-1-3-7-14)22-16-10-4-8-15-9-5-11-20-18(15)16/h1-11H,12-13H2,(H,21,24)(H,22,23). The Morgan fingerprint density at radius 2 is 1.76 bits per heavy atom. The van der Waals surface area contributed by atoms with Gasteiger partial charge in [0.2, 0.25) is 5.91 Å². The summed E-state index contributed by atoms with van der Waals surface area (Å²) in [7, 11) is 0. The number of rotatable bonds is 5. The van der Waals surface area contributed by atoms with Crippen molar-refractivity contribution in [3.8, 4) is 0 Å². The van der Waals surface area contributed by atoms with Gasteiger partial charge in [-0.1, -0.05) is 48.5 Å². The van der Waals surface area contributed by atoms with E-state index in [-0.39, 0.29) is 19.1 Å². The van der Waals surface area contributed by atoms with Crippen LogP contribution in [0.25, 0.3) is 10.9 Å². The van der Waals surface area contributed by atoms with Crippen LogP contribution in [-0.4, -0.2) is 23.5 Å². The highest BCUT2D eigenvalue weighted by atomic mass is 16.5. The number of nitrogens with zero attached hydrogens (tertiary/aromatic N) is 1. The van der Waals surface area contributed by atoms with E-state index in [4.69, 9.17) is 4.74 Å². The molecule has 0 radical (unpaired) electrons. The molecule has 0 aliphatic carbocycles. The van der Waals surface area contributed by atoms with Crippen molar-refractivity contribution in [2.75, 3.05) is 11.9 Å². The maximum absolute atomic E-state index is 12.0. The predicted molar refractivity (Wildman–Crippen MR) is 95.0 cm³/mol. The molecule has 6 nitrogen and oxygen atoms in total. The largest absolute Gasteiger partial charge is 0.445 e. The number of hydrogen-bond donors (Lipinski definition) is 2. The van der Waals surface area contributed by atoms with Gasteiger partial charge in [0.15, 0.2) is 0 Å². The molecule has 25 heavy (non-hydrogen) atoms. The highest BCUT2D eigenvalue weighted by molar-refractivity contribution is 6.01. The number of fused-ring (bicyclic) bond motifs is 1. The summed E-state index contributed by atoms with van der Waals surface area (Å²) in [5.74, 6) is -0.352. The number of carbonyl (C=O) groups excluding carboxylic acids is 2. The normalized spacial score (nSPS) is 10.2. The van der Waals surface area contributed by atoms with E-state index in [2.05, 4.69) is 15.6 Å². The number of hydrogen-bond acceptors (Lipinski definition) is 4. The van der Waals surface area contributed by atoms with E-state index >= 15 is 0 Å². The number of nitrogens with one attached hydrogen (secondary N) is 2. The molecule has 126 valence electrons. The Hall–Kier alpha value is -3.41. The number of aromatic nitrogens is 1. The minimum Gasteiger partial charge on any atom is -0.445 e. The van der Waals surface area contributed by atoms with E-state index in [1.807, 2.05) is 54.6 Å². The molecule has 0 saturated heterocycles.